The van der Waals surface area contributed by atoms with Crippen molar-refractivity contribution < 1.29 is 85.2 Å². The molecular weight excluding hydrogens is 999 g/mol. The third-order valence-electron chi connectivity index (χ3n) is 13.0. The molecule has 0 bridgehead atoms. The number of carbonyl (C=O) groups is 3. The van der Waals surface area contributed by atoms with E-state index >= 15 is 0 Å². The van der Waals surface area contributed by atoms with Crippen LogP contribution in [-0.2, 0) is 80.0 Å². The highest BCUT2D eigenvalue weighted by atomic mass is 32.2. The third-order valence-corrected chi connectivity index (χ3v) is 16.4. The Kier molecular flexibility index (Phi) is 16.9. The van der Waals surface area contributed by atoms with E-state index in [1.807, 2.05) is 23.3 Å². The van der Waals surface area contributed by atoms with E-state index in [1.165, 1.54) is 43.5 Å². The number of carbonyl (C=O) groups excluding carboxylic acids is 3. The van der Waals surface area contributed by atoms with Crippen LogP contribution in [0, 0.1) is 0 Å². The fourth-order valence-electron chi connectivity index (χ4n) is 9.30. The number of hydrogen-bond acceptors (Lipinski definition) is 15. The van der Waals surface area contributed by atoms with Crippen LogP contribution in [0.15, 0.2) is 70.1 Å². The standard InChI is InChI=1S/C45H61N3O18S4/c1-42(2,23-25-65-43(3,4)22-19-41(51)66-48-39(49)17-18-40(48)50)47-36-16-14-32(70(61,62)63)30-34(36)45(6,21-10-28-68(55,56)57)38(47)12-8-11-37-44(5,20-9-27-67(52,53)54)33-29-31(69(58,59)60)13-15-35(33)46(37)24-26-64-7/h8,11-16,29-30H,9-10,17-28H2,1-7H3,(H3-,52,53,54,55,56,57,58,59,60,61,62,63)/p+1. The molecule has 25 heteroatoms. The summed E-state index contributed by atoms with van der Waals surface area (Å²) < 4.78 is 151. The van der Waals surface area contributed by atoms with E-state index in [-0.39, 0.29) is 77.5 Å². The van der Waals surface area contributed by atoms with Crippen molar-refractivity contribution in [3.63, 3.8) is 0 Å². The van der Waals surface area contributed by atoms with Crippen molar-refractivity contribution in [2.75, 3.05) is 43.3 Å². The van der Waals surface area contributed by atoms with Gasteiger partial charge in [0, 0.05) is 66.6 Å². The summed E-state index contributed by atoms with van der Waals surface area (Å²) in [5, 5.41) is 0.472. The number of amides is 2. The van der Waals surface area contributed by atoms with Gasteiger partial charge in [-0.3, -0.25) is 27.8 Å². The molecular formula is C45H62N3O18S4+. The first-order chi connectivity index (χ1) is 32.1. The molecule has 2 aromatic rings. The second kappa shape index (κ2) is 21.0. The first-order valence-electron chi connectivity index (χ1n) is 22.3. The van der Waals surface area contributed by atoms with Crippen LogP contribution in [0.5, 0.6) is 0 Å². The maximum Gasteiger partial charge on any atom is 0.333 e. The first-order valence-corrected chi connectivity index (χ1v) is 28.4. The van der Waals surface area contributed by atoms with Gasteiger partial charge in [0.05, 0.1) is 38.7 Å². The third kappa shape index (κ3) is 13.3. The number of nitrogens with zero attached hydrogens (tertiary/aromatic N) is 3. The molecule has 0 aromatic heterocycles. The summed E-state index contributed by atoms with van der Waals surface area (Å²) in [6.45, 7) is 11.3. The molecule has 0 spiro atoms. The minimum Gasteiger partial charge on any atom is -0.378 e. The summed E-state index contributed by atoms with van der Waals surface area (Å²) in [6.07, 6.45) is 5.22. The molecule has 3 heterocycles. The van der Waals surface area contributed by atoms with Gasteiger partial charge in [-0.1, -0.05) is 6.08 Å². The molecule has 1 saturated heterocycles. The first kappa shape index (κ1) is 56.5. The minimum atomic E-state index is -4.76. The Hall–Kier alpha value is -4.44. The van der Waals surface area contributed by atoms with Crippen molar-refractivity contribution in [2.45, 2.75) is 131 Å². The lowest BCUT2D eigenvalue weighted by Crippen LogP contribution is -2.45. The smallest absolute Gasteiger partial charge is 0.333 e. The Morgan fingerprint density at radius 3 is 1.86 bits per heavy atom. The zero-order valence-electron chi connectivity index (χ0n) is 40.1. The van der Waals surface area contributed by atoms with Crippen molar-refractivity contribution >= 4 is 75.3 Å². The summed E-state index contributed by atoms with van der Waals surface area (Å²) in [4.78, 5) is 42.6. The molecule has 0 aliphatic carbocycles. The van der Waals surface area contributed by atoms with Gasteiger partial charge in [-0.2, -0.15) is 38.2 Å². The Balaban J connectivity index is 1.61. The molecule has 0 saturated carbocycles. The predicted octanol–water partition coefficient (Wildman–Crippen LogP) is 5.09. The highest BCUT2D eigenvalue weighted by Crippen LogP contribution is 2.54. The van der Waals surface area contributed by atoms with E-state index in [0.29, 0.717) is 39.0 Å². The van der Waals surface area contributed by atoms with Crippen LogP contribution in [0.3, 0.4) is 0 Å². The quantitative estimate of drug-likeness (QED) is 0.0604. The van der Waals surface area contributed by atoms with Crippen molar-refractivity contribution in [2.24, 2.45) is 0 Å². The Morgan fingerprint density at radius 1 is 0.771 bits per heavy atom. The summed E-state index contributed by atoms with van der Waals surface area (Å²) >= 11 is 0. The van der Waals surface area contributed by atoms with Crippen molar-refractivity contribution in [3.8, 4) is 0 Å². The summed E-state index contributed by atoms with van der Waals surface area (Å²) in [5.41, 5.74) is -1.29. The SMILES string of the molecule is COCC[N+]1=C(C=CC=C2N(C(C)(C)CCOC(C)(C)CCC(=O)ON3C(=O)CCC3=O)c3ccc(S(=O)(=O)O)cc3C2(C)CCCS(=O)(=O)O)C(C)(CCCS(=O)(=O)O)c2cc(S(=O)(=O)O)ccc21. The van der Waals surface area contributed by atoms with Crippen LogP contribution in [0.2, 0.25) is 0 Å². The Labute approximate surface area is 409 Å². The van der Waals surface area contributed by atoms with Gasteiger partial charge in [0.1, 0.15) is 6.61 Å². The molecule has 2 unspecified atom stereocenters. The van der Waals surface area contributed by atoms with Crippen LogP contribution >= 0.6 is 0 Å². The average Bonchev–Trinajstić information content (AvgIpc) is 3.76. The van der Waals surface area contributed by atoms with Gasteiger partial charge < -0.3 is 19.2 Å². The van der Waals surface area contributed by atoms with Gasteiger partial charge in [-0.25, -0.2) is 4.79 Å². The molecule has 1 fully saturated rings. The van der Waals surface area contributed by atoms with Crippen molar-refractivity contribution in [1.82, 2.24) is 5.06 Å². The largest absolute Gasteiger partial charge is 0.378 e. The van der Waals surface area contributed by atoms with Crippen molar-refractivity contribution in [3.05, 3.63) is 71.5 Å². The number of imide groups is 1. The van der Waals surface area contributed by atoms with E-state index < -0.39 is 102 Å². The number of methoxy groups -OCH3 is 1. The van der Waals surface area contributed by atoms with Gasteiger partial charge in [0.2, 0.25) is 5.69 Å². The molecule has 3 aliphatic rings. The molecule has 388 valence electrons. The maximum atomic E-state index is 12.6. The van der Waals surface area contributed by atoms with E-state index in [2.05, 4.69) is 0 Å². The number of rotatable bonds is 24. The normalized spacial score (nSPS) is 20.9. The molecule has 3 aliphatic heterocycles. The lowest BCUT2D eigenvalue weighted by atomic mass is 9.75. The molecule has 0 radical (unpaired) electrons. The second-order valence-corrected chi connectivity index (χ2v) is 25.2. The highest BCUT2D eigenvalue weighted by molar-refractivity contribution is 7.86. The van der Waals surface area contributed by atoms with E-state index in [4.69, 9.17) is 14.3 Å². The van der Waals surface area contributed by atoms with E-state index in [1.54, 1.807) is 45.9 Å². The topological polar surface area (TPSA) is 306 Å². The summed E-state index contributed by atoms with van der Waals surface area (Å²) in [7, 11) is -16.8. The molecule has 70 heavy (non-hydrogen) atoms. The number of allylic oxidation sites excluding steroid dienone is 4. The van der Waals surface area contributed by atoms with E-state index in [9.17, 15) is 66.3 Å². The minimum absolute atomic E-state index is 0.0307. The van der Waals surface area contributed by atoms with Gasteiger partial charge in [0.25, 0.3) is 52.3 Å². The zero-order chi connectivity index (χ0) is 52.5. The molecule has 2 atom stereocenters. The van der Waals surface area contributed by atoms with Crippen molar-refractivity contribution in [1.29, 1.82) is 0 Å². The molecule has 21 nitrogen and oxygen atoms in total. The Morgan fingerprint density at radius 2 is 1.31 bits per heavy atom. The second-order valence-electron chi connectivity index (χ2n) is 19.2. The van der Waals surface area contributed by atoms with Crippen LogP contribution in [-0.4, -0.2) is 135 Å². The highest BCUT2D eigenvalue weighted by Gasteiger charge is 2.50. The fourth-order valence-corrected chi connectivity index (χ4v) is 11.3. The molecule has 5 rings (SSSR count). The number of ether oxygens (including phenoxy) is 2. The fraction of sp³-hybridized carbons (Fsp3) is 0.556. The lowest BCUT2D eigenvalue weighted by molar-refractivity contribution is -0.441. The number of hydroxylamine groups is 2. The van der Waals surface area contributed by atoms with Crippen LogP contribution in [0.25, 0.3) is 0 Å². The number of hydrogen-bond donors (Lipinski definition) is 4. The monoisotopic (exact) mass is 1060 g/mol. The molecule has 2 aromatic carbocycles. The number of anilines is 1. The van der Waals surface area contributed by atoms with Crippen LogP contribution < -0.4 is 4.90 Å². The number of benzene rings is 2. The van der Waals surface area contributed by atoms with Gasteiger partial charge >= 0.3 is 5.97 Å². The predicted molar refractivity (Wildman–Crippen MR) is 255 cm³/mol. The van der Waals surface area contributed by atoms with Crippen LogP contribution in [0.1, 0.15) is 110 Å². The molecule has 4 N–H and O–H groups in total. The van der Waals surface area contributed by atoms with Gasteiger partial charge in [-0.05, 0) is 122 Å². The molecule has 2 amide bonds. The van der Waals surface area contributed by atoms with Gasteiger partial charge in [0.15, 0.2) is 12.3 Å². The summed E-state index contributed by atoms with van der Waals surface area (Å²) in [5.74, 6) is -3.26. The Bertz CT molecular complexity index is 2930. The van der Waals surface area contributed by atoms with Crippen LogP contribution in [0.4, 0.5) is 11.4 Å². The zero-order valence-corrected chi connectivity index (χ0v) is 43.3. The van der Waals surface area contributed by atoms with E-state index in [0.717, 1.165) is 0 Å². The lowest BCUT2D eigenvalue weighted by Gasteiger charge is -2.42. The summed E-state index contributed by atoms with van der Waals surface area (Å²) in [6, 6.07) is 8.11. The maximum absolute atomic E-state index is 12.6. The van der Waals surface area contributed by atoms with Gasteiger partial charge in [-0.15, -0.1) is 5.06 Å². The average molecular weight is 1060 g/mol. The number of fused-ring (bicyclic) bond motifs is 2.